The Labute approximate surface area is 158 Å². The lowest BCUT2D eigenvalue weighted by atomic mass is 9.95. The molecule has 4 rings (SSSR count). The van der Waals surface area contributed by atoms with E-state index < -0.39 is 0 Å². The molecule has 1 fully saturated rings. The van der Waals surface area contributed by atoms with Crippen LogP contribution in [0, 0.1) is 26.6 Å². The molecule has 0 bridgehead atoms. The van der Waals surface area contributed by atoms with E-state index in [9.17, 15) is 4.39 Å². The average Bonchev–Trinajstić information content (AvgIpc) is 3.22. The Balaban J connectivity index is 1.45. The second kappa shape index (κ2) is 7.23. The monoisotopic (exact) mass is 368 g/mol. The molecule has 1 aliphatic rings. The summed E-state index contributed by atoms with van der Waals surface area (Å²) in [6.45, 7) is 9.01. The molecule has 1 aromatic carbocycles. The van der Waals surface area contributed by atoms with Crippen molar-refractivity contribution in [3.63, 3.8) is 0 Å². The molecular weight excluding hydrogens is 343 g/mol. The van der Waals surface area contributed by atoms with Gasteiger partial charge in [0.25, 0.3) is 0 Å². The summed E-state index contributed by atoms with van der Waals surface area (Å²) in [7, 11) is 0. The van der Waals surface area contributed by atoms with E-state index in [0.29, 0.717) is 5.92 Å². The third kappa shape index (κ3) is 3.64. The number of aryl methyl sites for hydroxylation is 2. The lowest BCUT2D eigenvalue weighted by Gasteiger charge is -2.30. The van der Waals surface area contributed by atoms with Gasteiger partial charge in [0.15, 0.2) is 5.82 Å². The Bertz CT molecular complexity index is 919. The van der Waals surface area contributed by atoms with Crippen LogP contribution in [0.1, 0.15) is 47.4 Å². The molecule has 3 aromatic rings. The predicted molar refractivity (Wildman–Crippen MR) is 101 cm³/mol. The van der Waals surface area contributed by atoms with E-state index in [2.05, 4.69) is 32.1 Å². The van der Waals surface area contributed by atoms with Gasteiger partial charge < -0.3 is 0 Å². The zero-order valence-electron chi connectivity index (χ0n) is 16.0. The maximum Gasteiger partial charge on any atom is 0.153 e. The average molecular weight is 368 g/mol. The van der Waals surface area contributed by atoms with Crippen molar-refractivity contribution in [1.29, 1.82) is 0 Å². The molecule has 0 radical (unpaired) electrons. The number of aromatic amines is 1. The van der Waals surface area contributed by atoms with E-state index in [4.69, 9.17) is 0 Å². The van der Waals surface area contributed by atoms with Gasteiger partial charge in [-0.3, -0.25) is 10.00 Å². The summed E-state index contributed by atoms with van der Waals surface area (Å²) >= 11 is 0. The highest BCUT2D eigenvalue weighted by Gasteiger charge is 2.25. The number of halogens is 1. The molecule has 0 spiro atoms. The standard InChI is InChI=1S/C20H25FN6/c1-13-19(14(2)27(25-13)18-6-4-17(21)5-7-18)12-26-10-8-16(9-11-26)20-22-15(3)23-24-20/h4-7,16H,8-12H2,1-3H3,(H,22,23,24). The van der Waals surface area contributed by atoms with Gasteiger partial charge in [-0.1, -0.05) is 0 Å². The number of likely N-dealkylation sites (tertiary alicyclic amines) is 1. The molecule has 7 heteroatoms. The van der Waals surface area contributed by atoms with E-state index in [1.165, 1.54) is 17.7 Å². The zero-order valence-corrected chi connectivity index (χ0v) is 16.0. The van der Waals surface area contributed by atoms with Crippen LogP contribution in [0.2, 0.25) is 0 Å². The molecule has 0 unspecified atom stereocenters. The predicted octanol–water partition coefficient (Wildman–Crippen LogP) is 3.43. The quantitative estimate of drug-likeness (QED) is 0.766. The highest BCUT2D eigenvalue weighted by molar-refractivity contribution is 5.37. The highest BCUT2D eigenvalue weighted by atomic mass is 19.1. The van der Waals surface area contributed by atoms with Crippen LogP contribution in [-0.4, -0.2) is 43.0 Å². The third-order valence-electron chi connectivity index (χ3n) is 5.46. The van der Waals surface area contributed by atoms with Crippen molar-refractivity contribution in [3.05, 3.63) is 58.7 Å². The first-order valence-electron chi connectivity index (χ1n) is 9.43. The normalized spacial score (nSPS) is 16.1. The van der Waals surface area contributed by atoms with Gasteiger partial charge in [0.05, 0.1) is 11.4 Å². The van der Waals surface area contributed by atoms with E-state index in [0.717, 1.165) is 61.2 Å². The summed E-state index contributed by atoms with van der Waals surface area (Å²) in [5.41, 5.74) is 4.29. The topological polar surface area (TPSA) is 62.6 Å². The fraction of sp³-hybridized carbons (Fsp3) is 0.450. The Kier molecular flexibility index (Phi) is 4.78. The van der Waals surface area contributed by atoms with Crippen molar-refractivity contribution < 1.29 is 4.39 Å². The van der Waals surface area contributed by atoms with Crippen LogP contribution >= 0.6 is 0 Å². The second-order valence-corrected chi connectivity index (χ2v) is 7.37. The molecule has 3 heterocycles. The molecular formula is C20H25FN6. The number of nitrogens with zero attached hydrogens (tertiary/aromatic N) is 5. The van der Waals surface area contributed by atoms with Gasteiger partial charge in [-0.25, -0.2) is 14.1 Å². The molecule has 0 aliphatic carbocycles. The minimum atomic E-state index is -0.232. The molecule has 6 nitrogen and oxygen atoms in total. The minimum Gasteiger partial charge on any atom is -0.299 e. The number of piperidine rings is 1. The summed E-state index contributed by atoms with van der Waals surface area (Å²) in [6.07, 6.45) is 2.14. The van der Waals surface area contributed by atoms with Crippen LogP contribution in [-0.2, 0) is 6.54 Å². The van der Waals surface area contributed by atoms with Gasteiger partial charge in [0.2, 0.25) is 0 Å². The summed E-state index contributed by atoms with van der Waals surface area (Å²) in [4.78, 5) is 6.96. The fourth-order valence-corrected chi connectivity index (χ4v) is 3.85. The van der Waals surface area contributed by atoms with Gasteiger partial charge >= 0.3 is 0 Å². The zero-order chi connectivity index (χ0) is 19.0. The van der Waals surface area contributed by atoms with Gasteiger partial charge in [-0.15, -0.1) is 0 Å². The van der Waals surface area contributed by atoms with E-state index >= 15 is 0 Å². The maximum absolute atomic E-state index is 13.2. The largest absolute Gasteiger partial charge is 0.299 e. The van der Waals surface area contributed by atoms with E-state index in [-0.39, 0.29) is 5.82 Å². The minimum absolute atomic E-state index is 0.232. The molecule has 0 amide bonds. The van der Waals surface area contributed by atoms with Crippen LogP contribution in [0.5, 0.6) is 0 Å². The SMILES string of the molecule is Cc1nc(C2CCN(Cc3c(C)nn(-c4ccc(F)cc4)c3C)CC2)n[nH]1. The molecule has 1 saturated heterocycles. The van der Waals surface area contributed by atoms with Crippen LogP contribution in [0.3, 0.4) is 0 Å². The van der Waals surface area contributed by atoms with Crippen molar-refractivity contribution >= 4 is 0 Å². The summed E-state index contributed by atoms with van der Waals surface area (Å²) in [5, 5.41) is 12.0. The number of rotatable bonds is 4. The van der Waals surface area contributed by atoms with Crippen LogP contribution < -0.4 is 0 Å². The molecule has 2 aromatic heterocycles. The van der Waals surface area contributed by atoms with E-state index in [1.807, 2.05) is 18.5 Å². The van der Waals surface area contributed by atoms with Gasteiger partial charge in [-0.05, 0) is 71.0 Å². The Morgan fingerprint density at radius 2 is 1.81 bits per heavy atom. The number of nitrogens with one attached hydrogen (secondary N) is 1. The molecule has 0 saturated carbocycles. The highest BCUT2D eigenvalue weighted by Crippen LogP contribution is 2.27. The Hall–Kier alpha value is -2.54. The van der Waals surface area contributed by atoms with Crippen molar-refractivity contribution in [2.24, 2.45) is 0 Å². The van der Waals surface area contributed by atoms with Crippen molar-refractivity contribution in [2.75, 3.05) is 13.1 Å². The van der Waals surface area contributed by atoms with Crippen LogP contribution in [0.4, 0.5) is 4.39 Å². The first-order chi connectivity index (χ1) is 13.0. The summed E-state index contributed by atoms with van der Waals surface area (Å²) in [6, 6.07) is 6.48. The smallest absolute Gasteiger partial charge is 0.153 e. The van der Waals surface area contributed by atoms with Crippen molar-refractivity contribution in [3.8, 4) is 5.69 Å². The number of aromatic nitrogens is 5. The van der Waals surface area contributed by atoms with Crippen LogP contribution in [0.25, 0.3) is 5.69 Å². The van der Waals surface area contributed by atoms with Crippen molar-refractivity contribution in [2.45, 2.75) is 46.1 Å². The van der Waals surface area contributed by atoms with Gasteiger partial charge in [0, 0.05) is 23.7 Å². The number of H-pyrrole nitrogens is 1. The summed E-state index contributed by atoms with van der Waals surface area (Å²) in [5.74, 6) is 2.04. The van der Waals surface area contributed by atoms with Crippen molar-refractivity contribution in [1.82, 2.24) is 29.9 Å². The second-order valence-electron chi connectivity index (χ2n) is 7.37. The molecule has 1 N–H and O–H groups in total. The first-order valence-corrected chi connectivity index (χ1v) is 9.43. The first kappa shape index (κ1) is 17.9. The lowest BCUT2D eigenvalue weighted by molar-refractivity contribution is 0.201. The molecule has 0 atom stereocenters. The maximum atomic E-state index is 13.2. The lowest BCUT2D eigenvalue weighted by Crippen LogP contribution is -2.33. The van der Waals surface area contributed by atoms with Gasteiger partial charge in [-0.2, -0.15) is 10.2 Å². The molecule has 27 heavy (non-hydrogen) atoms. The number of benzene rings is 1. The van der Waals surface area contributed by atoms with Crippen LogP contribution in [0.15, 0.2) is 24.3 Å². The van der Waals surface area contributed by atoms with E-state index in [1.54, 1.807) is 12.1 Å². The number of hydrogen-bond acceptors (Lipinski definition) is 4. The Morgan fingerprint density at radius 1 is 1.11 bits per heavy atom. The molecule has 142 valence electrons. The summed E-state index contributed by atoms with van der Waals surface area (Å²) < 4.78 is 15.1. The Morgan fingerprint density at radius 3 is 2.44 bits per heavy atom. The molecule has 1 aliphatic heterocycles. The number of hydrogen-bond donors (Lipinski definition) is 1. The van der Waals surface area contributed by atoms with Gasteiger partial charge in [0.1, 0.15) is 11.6 Å². The fourth-order valence-electron chi connectivity index (χ4n) is 3.85. The third-order valence-corrected chi connectivity index (χ3v) is 5.46.